The first-order valence-corrected chi connectivity index (χ1v) is 5.09. The third-order valence-electron chi connectivity index (χ3n) is 2.33. The quantitative estimate of drug-likeness (QED) is 0.471. The lowest BCUT2D eigenvalue weighted by atomic mass is 10.2. The molecule has 0 aromatic carbocycles. The maximum atomic E-state index is 11.1. The fraction of sp³-hybridized carbons (Fsp3) is 0.600. The van der Waals surface area contributed by atoms with E-state index in [9.17, 15) is 9.59 Å². The minimum Gasteiger partial charge on any atom is -0.480 e. The first kappa shape index (κ1) is 19.5. The zero-order chi connectivity index (χ0) is 12.0. The lowest BCUT2D eigenvalue weighted by molar-refractivity contribution is -0.141. The number of ether oxygens (including phenoxy) is 1. The van der Waals surface area contributed by atoms with E-state index in [4.69, 9.17) is 9.84 Å². The van der Waals surface area contributed by atoms with Gasteiger partial charge in [-0.2, -0.15) is 0 Å². The molecule has 18 heavy (non-hydrogen) atoms. The molecular formula is C10H18Cl2N2O4. The number of carboxylic acid groups (broad SMARTS) is 1. The van der Waals surface area contributed by atoms with Gasteiger partial charge in [0.15, 0.2) is 0 Å². The molecule has 0 bridgehead atoms. The van der Waals surface area contributed by atoms with E-state index in [0.717, 1.165) is 0 Å². The van der Waals surface area contributed by atoms with Crippen LogP contribution >= 0.6 is 24.8 Å². The Morgan fingerprint density at radius 2 is 2.17 bits per heavy atom. The van der Waals surface area contributed by atoms with E-state index in [1.807, 2.05) is 0 Å². The largest absolute Gasteiger partial charge is 0.480 e. The standard InChI is InChI=1S/C10H16N2O4.2ClH/c1-2-3-16-9(13)6-11-7-4-8(10(14)15)12-5-7;;/h2,7-8,11-12H,1,3-6H2,(H,14,15);2*1H/t7-,8+;;/m0../s1. The Bertz CT molecular complexity index is 289. The summed E-state index contributed by atoms with van der Waals surface area (Å²) in [7, 11) is 0. The van der Waals surface area contributed by atoms with E-state index < -0.39 is 12.0 Å². The molecule has 1 aliphatic heterocycles. The van der Waals surface area contributed by atoms with Crippen LogP contribution in [0.15, 0.2) is 12.7 Å². The van der Waals surface area contributed by atoms with Crippen molar-refractivity contribution in [2.75, 3.05) is 19.7 Å². The second kappa shape index (κ2) is 10.1. The normalized spacial score (nSPS) is 21.3. The monoisotopic (exact) mass is 300 g/mol. The number of hydrogen-bond acceptors (Lipinski definition) is 5. The summed E-state index contributed by atoms with van der Waals surface area (Å²) in [6.45, 7) is 4.26. The van der Waals surface area contributed by atoms with Gasteiger partial charge in [0.25, 0.3) is 0 Å². The van der Waals surface area contributed by atoms with Gasteiger partial charge in [-0.3, -0.25) is 9.59 Å². The Morgan fingerprint density at radius 3 is 2.67 bits per heavy atom. The molecule has 0 saturated carbocycles. The Morgan fingerprint density at radius 1 is 1.50 bits per heavy atom. The van der Waals surface area contributed by atoms with Crippen molar-refractivity contribution in [1.82, 2.24) is 10.6 Å². The lowest BCUT2D eigenvalue weighted by Gasteiger charge is -2.10. The van der Waals surface area contributed by atoms with Crippen molar-refractivity contribution in [3.05, 3.63) is 12.7 Å². The average Bonchev–Trinajstić information content (AvgIpc) is 2.72. The van der Waals surface area contributed by atoms with Crippen molar-refractivity contribution in [2.24, 2.45) is 0 Å². The number of aliphatic carboxylic acids is 1. The van der Waals surface area contributed by atoms with Gasteiger partial charge in [-0.15, -0.1) is 24.8 Å². The Hall–Kier alpha value is -0.820. The molecule has 3 N–H and O–H groups in total. The van der Waals surface area contributed by atoms with Crippen molar-refractivity contribution < 1.29 is 19.4 Å². The summed E-state index contributed by atoms with van der Waals surface area (Å²) in [6, 6.07) is -0.529. The maximum absolute atomic E-state index is 11.1. The molecule has 1 heterocycles. The van der Waals surface area contributed by atoms with Gasteiger partial charge in [0, 0.05) is 12.6 Å². The van der Waals surface area contributed by atoms with Gasteiger partial charge in [-0.05, 0) is 6.42 Å². The number of halogens is 2. The third-order valence-corrected chi connectivity index (χ3v) is 2.33. The van der Waals surface area contributed by atoms with E-state index in [2.05, 4.69) is 17.2 Å². The zero-order valence-corrected chi connectivity index (χ0v) is 11.4. The van der Waals surface area contributed by atoms with Crippen LogP contribution in [0, 0.1) is 0 Å². The molecule has 0 aromatic heterocycles. The summed E-state index contributed by atoms with van der Waals surface area (Å²) in [6.07, 6.45) is 1.97. The van der Waals surface area contributed by atoms with Crippen molar-refractivity contribution in [2.45, 2.75) is 18.5 Å². The topological polar surface area (TPSA) is 87.7 Å². The van der Waals surface area contributed by atoms with Crippen molar-refractivity contribution in [3.8, 4) is 0 Å². The van der Waals surface area contributed by atoms with Crippen LogP contribution in [-0.4, -0.2) is 48.8 Å². The molecule has 1 fully saturated rings. The van der Waals surface area contributed by atoms with Gasteiger partial charge in [-0.25, -0.2) is 0 Å². The predicted molar refractivity (Wildman–Crippen MR) is 71.5 cm³/mol. The van der Waals surface area contributed by atoms with Gasteiger partial charge in [0.1, 0.15) is 12.6 Å². The highest BCUT2D eigenvalue weighted by Gasteiger charge is 2.28. The molecule has 0 radical (unpaired) electrons. The van der Waals surface area contributed by atoms with Crippen LogP contribution in [0.2, 0.25) is 0 Å². The smallest absolute Gasteiger partial charge is 0.320 e. The summed E-state index contributed by atoms with van der Waals surface area (Å²) in [5.74, 6) is -1.22. The van der Waals surface area contributed by atoms with E-state index in [-0.39, 0.29) is 50.0 Å². The number of carbonyl (C=O) groups is 2. The van der Waals surface area contributed by atoms with Gasteiger partial charge < -0.3 is 20.5 Å². The van der Waals surface area contributed by atoms with E-state index in [0.29, 0.717) is 13.0 Å². The fourth-order valence-electron chi connectivity index (χ4n) is 1.51. The molecule has 6 nitrogen and oxygen atoms in total. The second-order valence-electron chi connectivity index (χ2n) is 3.58. The van der Waals surface area contributed by atoms with Crippen LogP contribution < -0.4 is 10.6 Å². The Labute approximate surface area is 118 Å². The van der Waals surface area contributed by atoms with Gasteiger partial charge in [-0.1, -0.05) is 12.7 Å². The summed E-state index contributed by atoms with van der Waals surface area (Å²) < 4.78 is 4.77. The number of nitrogens with one attached hydrogen (secondary N) is 2. The number of hydrogen-bond donors (Lipinski definition) is 3. The van der Waals surface area contributed by atoms with Crippen LogP contribution in [0.3, 0.4) is 0 Å². The summed E-state index contributed by atoms with van der Waals surface area (Å²) in [5, 5.41) is 14.5. The molecule has 0 amide bonds. The zero-order valence-electron chi connectivity index (χ0n) is 9.76. The molecule has 0 unspecified atom stereocenters. The highest BCUT2D eigenvalue weighted by atomic mass is 35.5. The molecule has 2 atom stereocenters. The first-order valence-electron chi connectivity index (χ1n) is 5.09. The highest BCUT2D eigenvalue weighted by molar-refractivity contribution is 5.85. The molecule has 1 rings (SSSR count). The summed E-state index contributed by atoms with van der Waals surface area (Å²) in [5.41, 5.74) is 0. The molecular weight excluding hydrogens is 283 g/mol. The van der Waals surface area contributed by atoms with Crippen LogP contribution in [0.4, 0.5) is 0 Å². The number of carbonyl (C=O) groups excluding carboxylic acids is 1. The SMILES string of the molecule is C=CCOC(=O)CN[C@@H]1CN[C@@H](C(=O)O)C1.Cl.Cl. The van der Waals surface area contributed by atoms with E-state index in [1.165, 1.54) is 6.08 Å². The average molecular weight is 301 g/mol. The molecule has 0 aliphatic carbocycles. The van der Waals surface area contributed by atoms with Crippen molar-refractivity contribution >= 4 is 36.8 Å². The summed E-state index contributed by atoms with van der Waals surface area (Å²) >= 11 is 0. The minimum absolute atomic E-state index is 0. The summed E-state index contributed by atoms with van der Waals surface area (Å²) in [4.78, 5) is 21.7. The molecule has 0 aromatic rings. The number of esters is 1. The van der Waals surface area contributed by atoms with Gasteiger partial charge >= 0.3 is 11.9 Å². The lowest BCUT2D eigenvalue weighted by Crippen LogP contribution is -2.35. The molecule has 8 heteroatoms. The van der Waals surface area contributed by atoms with E-state index >= 15 is 0 Å². The number of carboxylic acids is 1. The third kappa shape index (κ3) is 6.80. The first-order chi connectivity index (χ1) is 7.63. The van der Waals surface area contributed by atoms with Crippen LogP contribution in [0.25, 0.3) is 0 Å². The van der Waals surface area contributed by atoms with Crippen molar-refractivity contribution in [1.29, 1.82) is 0 Å². The molecule has 106 valence electrons. The van der Waals surface area contributed by atoms with Gasteiger partial charge in [0.2, 0.25) is 0 Å². The Balaban J connectivity index is 0. The predicted octanol–water partition coefficient (Wildman–Crippen LogP) is -0.0361. The van der Waals surface area contributed by atoms with E-state index in [1.54, 1.807) is 0 Å². The fourth-order valence-corrected chi connectivity index (χ4v) is 1.51. The molecule has 1 saturated heterocycles. The highest BCUT2D eigenvalue weighted by Crippen LogP contribution is 2.06. The van der Waals surface area contributed by atoms with Crippen LogP contribution in [0.1, 0.15) is 6.42 Å². The van der Waals surface area contributed by atoms with Crippen LogP contribution in [0.5, 0.6) is 0 Å². The van der Waals surface area contributed by atoms with Crippen molar-refractivity contribution in [3.63, 3.8) is 0 Å². The number of rotatable bonds is 6. The maximum Gasteiger partial charge on any atom is 0.320 e. The molecule has 1 aliphatic rings. The Kier molecular flexibility index (Phi) is 11.0. The molecule has 0 spiro atoms. The minimum atomic E-state index is -0.862. The second-order valence-corrected chi connectivity index (χ2v) is 3.58. The van der Waals surface area contributed by atoms with Gasteiger partial charge in [0.05, 0.1) is 6.54 Å². The van der Waals surface area contributed by atoms with Crippen LogP contribution in [-0.2, 0) is 14.3 Å².